The van der Waals surface area contributed by atoms with E-state index in [4.69, 9.17) is 4.74 Å². The summed E-state index contributed by atoms with van der Waals surface area (Å²) in [6.45, 7) is 2.11. The van der Waals surface area contributed by atoms with Gasteiger partial charge in [-0.25, -0.2) is 0 Å². The van der Waals surface area contributed by atoms with Gasteiger partial charge in [0.25, 0.3) is 0 Å². The summed E-state index contributed by atoms with van der Waals surface area (Å²) in [5.74, 6) is -0.107. The maximum Gasteiger partial charge on any atom is 0.310 e. The number of aromatic nitrogens is 1. The first kappa shape index (κ1) is 17.2. The lowest BCUT2D eigenvalue weighted by atomic mass is 10.2. The van der Waals surface area contributed by atoms with Gasteiger partial charge in [0.15, 0.2) is 5.75 Å². The van der Waals surface area contributed by atoms with Crippen LogP contribution in [0.4, 0.5) is 5.69 Å². The SMILES string of the molecule is Cc1ccc([N+](=O)[O-])c(OCCC(=O)NCc2ccc(=O)[nH]c2)c1. The number of aryl methyl sites for hydroxylation is 1. The average Bonchev–Trinajstić information content (AvgIpc) is 2.54. The van der Waals surface area contributed by atoms with Crippen LogP contribution in [0.2, 0.25) is 0 Å². The number of benzene rings is 1. The summed E-state index contributed by atoms with van der Waals surface area (Å²) in [7, 11) is 0. The Labute approximate surface area is 137 Å². The van der Waals surface area contributed by atoms with E-state index >= 15 is 0 Å². The smallest absolute Gasteiger partial charge is 0.310 e. The van der Waals surface area contributed by atoms with E-state index in [1.165, 1.54) is 18.3 Å². The fourth-order valence-electron chi connectivity index (χ4n) is 1.98. The van der Waals surface area contributed by atoms with Gasteiger partial charge in [0.1, 0.15) is 0 Å². The van der Waals surface area contributed by atoms with Crippen molar-refractivity contribution in [1.82, 2.24) is 10.3 Å². The van der Waals surface area contributed by atoms with Gasteiger partial charge in [-0.15, -0.1) is 0 Å². The minimum absolute atomic E-state index is 0.0295. The van der Waals surface area contributed by atoms with Crippen molar-refractivity contribution >= 4 is 11.6 Å². The molecule has 0 unspecified atom stereocenters. The van der Waals surface area contributed by atoms with E-state index in [9.17, 15) is 19.7 Å². The third-order valence-electron chi connectivity index (χ3n) is 3.24. The quantitative estimate of drug-likeness (QED) is 0.592. The lowest BCUT2D eigenvalue weighted by Gasteiger charge is -2.08. The Hall–Kier alpha value is -3.16. The van der Waals surface area contributed by atoms with Crippen molar-refractivity contribution in [1.29, 1.82) is 0 Å². The van der Waals surface area contributed by atoms with Crippen LogP contribution in [-0.2, 0) is 11.3 Å². The van der Waals surface area contributed by atoms with Crippen LogP contribution in [0.1, 0.15) is 17.5 Å². The zero-order valence-electron chi connectivity index (χ0n) is 13.1. The average molecular weight is 331 g/mol. The number of nitrogens with one attached hydrogen (secondary N) is 2. The number of carbonyl (C=O) groups excluding carboxylic acids is 1. The second kappa shape index (κ2) is 7.91. The van der Waals surface area contributed by atoms with Crippen LogP contribution in [-0.4, -0.2) is 22.4 Å². The summed E-state index contributed by atoms with van der Waals surface area (Å²) in [5, 5.41) is 13.6. The molecule has 8 heteroatoms. The first-order chi connectivity index (χ1) is 11.5. The molecule has 0 saturated carbocycles. The first-order valence-electron chi connectivity index (χ1n) is 7.28. The number of nitrogens with zero attached hydrogens (tertiary/aromatic N) is 1. The van der Waals surface area contributed by atoms with E-state index < -0.39 is 4.92 Å². The zero-order chi connectivity index (χ0) is 17.5. The number of hydrogen-bond donors (Lipinski definition) is 2. The number of nitro groups is 1. The summed E-state index contributed by atoms with van der Waals surface area (Å²) in [6, 6.07) is 7.56. The molecular formula is C16H17N3O5. The van der Waals surface area contributed by atoms with Crippen LogP contribution in [0.5, 0.6) is 5.75 Å². The monoisotopic (exact) mass is 331 g/mol. The number of aromatic amines is 1. The van der Waals surface area contributed by atoms with Crippen molar-refractivity contribution in [3.8, 4) is 5.75 Å². The Kier molecular flexibility index (Phi) is 5.67. The number of pyridine rings is 1. The molecule has 2 rings (SSSR count). The van der Waals surface area contributed by atoms with Gasteiger partial charge >= 0.3 is 5.69 Å². The Morgan fingerprint density at radius 3 is 2.79 bits per heavy atom. The highest BCUT2D eigenvalue weighted by atomic mass is 16.6. The van der Waals surface area contributed by atoms with Gasteiger partial charge in [0, 0.05) is 24.9 Å². The molecule has 24 heavy (non-hydrogen) atoms. The normalized spacial score (nSPS) is 10.2. The second-order valence-electron chi connectivity index (χ2n) is 5.16. The summed E-state index contributed by atoms with van der Waals surface area (Å²) < 4.78 is 5.37. The van der Waals surface area contributed by atoms with Crippen LogP contribution in [0, 0.1) is 17.0 Å². The van der Waals surface area contributed by atoms with Crippen LogP contribution >= 0.6 is 0 Å². The number of nitro benzene ring substituents is 1. The van der Waals surface area contributed by atoms with Gasteiger partial charge in [-0.3, -0.25) is 19.7 Å². The predicted molar refractivity (Wildman–Crippen MR) is 86.9 cm³/mol. The minimum Gasteiger partial charge on any atom is -0.486 e. The molecule has 0 fully saturated rings. The molecule has 1 aromatic carbocycles. The number of ether oxygens (including phenoxy) is 1. The molecule has 0 bridgehead atoms. The Morgan fingerprint density at radius 1 is 1.33 bits per heavy atom. The van der Waals surface area contributed by atoms with Gasteiger partial charge < -0.3 is 15.0 Å². The maximum absolute atomic E-state index is 11.8. The van der Waals surface area contributed by atoms with Crippen molar-refractivity contribution in [3.63, 3.8) is 0 Å². The van der Waals surface area contributed by atoms with E-state index in [1.807, 2.05) is 0 Å². The topological polar surface area (TPSA) is 114 Å². The minimum atomic E-state index is -0.523. The molecular weight excluding hydrogens is 314 g/mol. The molecule has 1 aromatic heterocycles. The fraction of sp³-hybridized carbons (Fsp3) is 0.250. The third kappa shape index (κ3) is 4.94. The number of carbonyl (C=O) groups is 1. The molecule has 0 aliphatic carbocycles. The van der Waals surface area contributed by atoms with Crippen molar-refractivity contribution < 1.29 is 14.5 Å². The van der Waals surface area contributed by atoms with E-state index in [1.54, 1.807) is 25.1 Å². The Bertz CT molecular complexity index is 780. The van der Waals surface area contributed by atoms with E-state index in [2.05, 4.69) is 10.3 Å². The number of rotatable bonds is 7. The lowest BCUT2D eigenvalue weighted by Crippen LogP contribution is -2.24. The molecule has 1 heterocycles. The molecule has 0 radical (unpaired) electrons. The van der Waals surface area contributed by atoms with Crippen LogP contribution in [0.25, 0.3) is 0 Å². The molecule has 0 atom stereocenters. The number of amides is 1. The van der Waals surface area contributed by atoms with Crippen molar-refractivity contribution in [2.45, 2.75) is 19.9 Å². The maximum atomic E-state index is 11.8. The molecule has 0 aliphatic heterocycles. The van der Waals surface area contributed by atoms with Gasteiger partial charge in [0.2, 0.25) is 11.5 Å². The molecule has 2 aromatic rings. The van der Waals surface area contributed by atoms with Crippen LogP contribution < -0.4 is 15.6 Å². The van der Waals surface area contributed by atoms with E-state index in [-0.39, 0.29) is 42.5 Å². The summed E-state index contributed by atoms with van der Waals surface area (Å²) in [6.07, 6.45) is 1.59. The molecule has 126 valence electrons. The molecule has 0 aliphatic rings. The summed E-state index contributed by atoms with van der Waals surface area (Å²) >= 11 is 0. The molecule has 2 N–H and O–H groups in total. The summed E-state index contributed by atoms with van der Waals surface area (Å²) in [4.78, 5) is 35.6. The van der Waals surface area contributed by atoms with Crippen LogP contribution in [0.15, 0.2) is 41.3 Å². The highest BCUT2D eigenvalue weighted by molar-refractivity contribution is 5.76. The van der Waals surface area contributed by atoms with Crippen molar-refractivity contribution in [2.24, 2.45) is 0 Å². The van der Waals surface area contributed by atoms with E-state index in [0.717, 1.165) is 11.1 Å². The lowest BCUT2D eigenvalue weighted by molar-refractivity contribution is -0.385. The summed E-state index contributed by atoms with van der Waals surface area (Å²) in [5.41, 5.74) is 1.25. The predicted octanol–water partition coefficient (Wildman–Crippen LogP) is 1.68. The van der Waals surface area contributed by atoms with Crippen molar-refractivity contribution in [2.75, 3.05) is 6.61 Å². The van der Waals surface area contributed by atoms with Gasteiger partial charge in [-0.2, -0.15) is 0 Å². The first-order valence-corrected chi connectivity index (χ1v) is 7.28. The highest BCUT2D eigenvalue weighted by Crippen LogP contribution is 2.27. The second-order valence-corrected chi connectivity index (χ2v) is 5.16. The highest BCUT2D eigenvalue weighted by Gasteiger charge is 2.15. The van der Waals surface area contributed by atoms with Crippen LogP contribution in [0.3, 0.4) is 0 Å². The molecule has 0 saturated heterocycles. The standard InChI is InChI=1S/C16H17N3O5/c1-11-2-4-13(19(22)23)14(8-11)24-7-6-16(21)18-10-12-3-5-15(20)17-9-12/h2-5,8-9H,6-7,10H2,1H3,(H,17,20)(H,18,21). The number of hydrogen-bond acceptors (Lipinski definition) is 5. The molecule has 1 amide bonds. The Balaban J connectivity index is 1.82. The zero-order valence-corrected chi connectivity index (χ0v) is 13.1. The van der Waals surface area contributed by atoms with Crippen molar-refractivity contribution in [3.05, 3.63) is 68.1 Å². The van der Waals surface area contributed by atoms with Gasteiger partial charge in [-0.05, 0) is 24.1 Å². The Morgan fingerprint density at radius 2 is 2.12 bits per heavy atom. The number of H-pyrrole nitrogens is 1. The third-order valence-corrected chi connectivity index (χ3v) is 3.24. The molecule has 8 nitrogen and oxygen atoms in total. The van der Waals surface area contributed by atoms with E-state index in [0.29, 0.717) is 0 Å². The fourth-order valence-corrected chi connectivity index (χ4v) is 1.98. The van der Waals surface area contributed by atoms with Gasteiger partial charge in [0.05, 0.1) is 18.0 Å². The largest absolute Gasteiger partial charge is 0.486 e. The molecule has 0 spiro atoms. The van der Waals surface area contributed by atoms with Gasteiger partial charge in [-0.1, -0.05) is 12.1 Å².